The van der Waals surface area contributed by atoms with E-state index in [1.165, 1.54) is 5.56 Å². The number of hydrogen-bond donors (Lipinski definition) is 1. The van der Waals surface area contributed by atoms with Crippen molar-refractivity contribution >= 4 is 0 Å². The summed E-state index contributed by atoms with van der Waals surface area (Å²) in [4.78, 5) is 0. The molecule has 0 aliphatic heterocycles. The van der Waals surface area contributed by atoms with Gasteiger partial charge in [-0.3, -0.25) is 0 Å². The number of nitrogens with one attached hydrogen (secondary N) is 1. The van der Waals surface area contributed by atoms with Crippen molar-refractivity contribution in [2.75, 3.05) is 26.4 Å². The van der Waals surface area contributed by atoms with Gasteiger partial charge in [-0.2, -0.15) is 0 Å². The van der Waals surface area contributed by atoms with Crippen molar-refractivity contribution in [1.82, 2.24) is 5.32 Å². The third-order valence-electron chi connectivity index (χ3n) is 2.82. The zero-order valence-electron chi connectivity index (χ0n) is 12.8. The Balaban J connectivity index is 2.19. The van der Waals surface area contributed by atoms with Gasteiger partial charge in [0, 0.05) is 6.54 Å². The van der Waals surface area contributed by atoms with Gasteiger partial charge in [-0.25, -0.2) is 0 Å². The standard InChI is InChI=1S/C17H27NO2/c1-4-9-18-14-16-6-5-7-17(13-16)20-12-11-19-10-8-15(2)3/h5-7,13,18H,2,4,8-12,14H2,1,3H3. The van der Waals surface area contributed by atoms with E-state index in [2.05, 4.69) is 31.0 Å². The molecular weight excluding hydrogens is 250 g/mol. The molecule has 3 heteroatoms. The molecule has 0 amide bonds. The maximum absolute atomic E-state index is 5.68. The summed E-state index contributed by atoms with van der Waals surface area (Å²) in [5.74, 6) is 0.907. The van der Waals surface area contributed by atoms with E-state index in [-0.39, 0.29) is 0 Å². The molecule has 20 heavy (non-hydrogen) atoms. The molecule has 0 unspecified atom stereocenters. The SMILES string of the molecule is C=C(C)CCOCCOc1cccc(CNCCC)c1. The van der Waals surface area contributed by atoms with Crippen LogP contribution in [0.3, 0.4) is 0 Å². The van der Waals surface area contributed by atoms with E-state index in [9.17, 15) is 0 Å². The maximum atomic E-state index is 5.68. The summed E-state index contributed by atoms with van der Waals surface area (Å²) in [6.45, 7) is 11.9. The first-order chi connectivity index (χ1) is 9.72. The van der Waals surface area contributed by atoms with Crippen molar-refractivity contribution in [3.05, 3.63) is 42.0 Å². The molecule has 3 nitrogen and oxygen atoms in total. The third kappa shape index (κ3) is 7.97. The first-order valence-corrected chi connectivity index (χ1v) is 7.37. The topological polar surface area (TPSA) is 30.5 Å². The highest BCUT2D eigenvalue weighted by atomic mass is 16.5. The molecule has 0 aromatic heterocycles. The van der Waals surface area contributed by atoms with Crippen LogP contribution in [0, 0.1) is 0 Å². The van der Waals surface area contributed by atoms with Gasteiger partial charge in [0.2, 0.25) is 0 Å². The lowest BCUT2D eigenvalue weighted by Gasteiger charge is -2.09. The molecule has 1 rings (SSSR count). The molecule has 0 atom stereocenters. The van der Waals surface area contributed by atoms with Gasteiger partial charge in [-0.15, -0.1) is 6.58 Å². The maximum Gasteiger partial charge on any atom is 0.119 e. The molecular formula is C17H27NO2. The lowest BCUT2D eigenvalue weighted by molar-refractivity contribution is 0.102. The van der Waals surface area contributed by atoms with E-state index in [4.69, 9.17) is 9.47 Å². The van der Waals surface area contributed by atoms with Gasteiger partial charge in [0.25, 0.3) is 0 Å². The second-order valence-electron chi connectivity index (χ2n) is 4.99. The Morgan fingerprint density at radius 1 is 1.25 bits per heavy atom. The van der Waals surface area contributed by atoms with E-state index in [0.29, 0.717) is 13.2 Å². The summed E-state index contributed by atoms with van der Waals surface area (Å²) >= 11 is 0. The van der Waals surface area contributed by atoms with Crippen LogP contribution in [-0.2, 0) is 11.3 Å². The van der Waals surface area contributed by atoms with Gasteiger partial charge in [0.1, 0.15) is 12.4 Å². The van der Waals surface area contributed by atoms with Gasteiger partial charge in [0.15, 0.2) is 0 Å². The zero-order valence-corrected chi connectivity index (χ0v) is 12.8. The van der Waals surface area contributed by atoms with E-state index in [0.717, 1.165) is 43.9 Å². The molecule has 1 aromatic rings. The molecule has 0 spiro atoms. The van der Waals surface area contributed by atoms with Gasteiger partial charge in [0.05, 0.1) is 13.2 Å². The minimum absolute atomic E-state index is 0.585. The Bertz CT molecular complexity index is 390. The smallest absolute Gasteiger partial charge is 0.119 e. The minimum Gasteiger partial charge on any atom is -0.491 e. The van der Waals surface area contributed by atoms with Gasteiger partial charge < -0.3 is 14.8 Å². The molecule has 0 aliphatic rings. The molecule has 0 saturated heterocycles. The second-order valence-corrected chi connectivity index (χ2v) is 4.99. The predicted molar refractivity (Wildman–Crippen MR) is 84.2 cm³/mol. The molecule has 0 radical (unpaired) electrons. The summed E-state index contributed by atoms with van der Waals surface area (Å²) in [6.07, 6.45) is 2.07. The predicted octanol–water partition coefficient (Wildman–Crippen LogP) is 3.55. The molecule has 0 bridgehead atoms. The van der Waals surface area contributed by atoms with Crippen LogP contribution in [0.1, 0.15) is 32.3 Å². The Morgan fingerprint density at radius 2 is 2.10 bits per heavy atom. The van der Waals surface area contributed by atoms with Crippen LogP contribution in [0.25, 0.3) is 0 Å². The van der Waals surface area contributed by atoms with Crippen molar-refractivity contribution in [3.8, 4) is 5.75 Å². The fourth-order valence-corrected chi connectivity index (χ4v) is 1.72. The highest BCUT2D eigenvalue weighted by Crippen LogP contribution is 2.13. The third-order valence-corrected chi connectivity index (χ3v) is 2.82. The molecule has 0 saturated carbocycles. The van der Waals surface area contributed by atoms with E-state index >= 15 is 0 Å². The summed E-state index contributed by atoms with van der Waals surface area (Å²) in [7, 11) is 0. The molecule has 0 heterocycles. The summed E-state index contributed by atoms with van der Waals surface area (Å²) < 4.78 is 11.2. The minimum atomic E-state index is 0.585. The van der Waals surface area contributed by atoms with Gasteiger partial charge in [-0.05, 0) is 44.0 Å². The van der Waals surface area contributed by atoms with Crippen molar-refractivity contribution in [2.24, 2.45) is 0 Å². The summed E-state index contributed by atoms with van der Waals surface area (Å²) in [5, 5.41) is 3.38. The van der Waals surface area contributed by atoms with E-state index < -0.39 is 0 Å². The van der Waals surface area contributed by atoms with E-state index in [1.54, 1.807) is 0 Å². The number of benzene rings is 1. The van der Waals surface area contributed by atoms with Crippen molar-refractivity contribution in [3.63, 3.8) is 0 Å². The normalized spacial score (nSPS) is 10.5. The molecule has 1 aromatic carbocycles. The Kier molecular flexibility index (Phi) is 8.76. The molecule has 0 fully saturated rings. The van der Waals surface area contributed by atoms with Crippen LogP contribution in [0.4, 0.5) is 0 Å². The quantitative estimate of drug-likeness (QED) is 0.495. The summed E-state index contributed by atoms with van der Waals surface area (Å²) in [6, 6.07) is 8.20. The van der Waals surface area contributed by atoms with Crippen LogP contribution in [-0.4, -0.2) is 26.4 Å². The van der Waals surface area contributed by atoms with Crippen LogP contribution < -0.4 is 10.1 Å². The van der Waals surface area contributed by atoms with Gasteiger partial charge in [-0.1, -0.05) is 24.6 Å². The highest BCUT2D eigenvalue weighted by molar-refractivity contribution is 5.28. The van der Waals surface area contributed by atoms with E-state index in [1.807, 2.05) is 19.1 Å². The monoisotopic (exact) mass is 277 g/mol. The lowest BCUT2D eigenvalue weighted by atomic mass is 10.2. The first-order valence-electron chi connectivity index (χ1n) is 7.37. The van der Waals surface area contributed by atoms with Crippen molar-refractivity contribution < 1.29 is 9.47 Å². The van der Waals surface area contributed by atoms with Crippen molar-refractivity contribution in [1.29, 1.82) is 0 Å². The molecule has 112 valence electrons. The average Bonchev–Trinajstić information content (AvgIpc) is 2.43. The fraction of sp³-hybridized carbons (Fsp3) is 0.529. The van der Waals surface area contributed by atoms with Crippen LogP contribution in [0.5, 0.6) is 5.75 Å². The molecule has 0 aliphatic carbocycles. The average molecular weight is 277 g/mol. The van der Waals surface area contributed by atoms with Crippen LogP contribution in [0.15, 0.2) is 36.4 Å². The molecule has 1 N–H and O–H groups in total. The number of hydrogen-bond acceptors (Lipinski definition) is 3. The second kappa shape index (κ2) is 10.5. The Labute approximate surface area is 123 Å². The number of ether oxygens (including phenoxy) is 2. The summed E-state index contributed by atoms with van der Waals surface area (Å²) in [5.41, 5.74) is 2.40. The first kappa shape index (κ1) is 16.7. The van der Waals surface area contributed by atoms with Crippen LogP contribution >= 0.6 is 0 Å². The zero-order chi connectivity index (χ0) is 14.6. The van der Waals surface area contributed by atoms with Crippen LogP contribution in [0.2, 0.25) is 0 Å². The Morgan fingerprint density at radius 3 is 2.85 bits per heavy atom. The number of rotatable bonds is 11. The Hall–Kier alpha value is -1.32. The lowest BCUT2D eigenvalue weighted by Crippen LogP contribution is -2.14. The van der Waals surface area contributed by atoms with Gasteiger partial charge >= 0.3 is 0 Å². The van der Waals surface area contributed by atoms with Crippen molar-refractivity contribution in [2.45, 2.75) is 33.2 Å². The highest BCUT2D eigenvalue weighted by Gasteiger charge is 1.97. The fourth-order valence-electron chi connectivity index (χ4n) is 1.72. The largest absolute Gasteiger partial charge is 0.491 e.